The number of thioether (sulfide) groups is 1. The van der Waals surface area contributed by atoms with Crippen molar-refractivity contribution in [1.29, 1.82) is 0 Å². The molecule has 0 aromatic heterocycles. The maximum Gasteiger partial charge on any atom is 0.356 e. The first-order valence-electron chi connectivity index (χ1n) is 9.93. The summed E-state index contributed by atoms with van der Waals surface area (Å²) < 4.78 is 50.1. The van der Waals surface area contributed by atoms with Crippen molar-refractivity contribution in [2.75, 3.05) is 0 Å². The summed E-state index contributed by atoms with van der Waals surface area (Å²) in [5.74, 6) is 0. The maximum atomic E-state index is 14.0. The quantitative estimate of drug-likeness (QED) is 0.234. The van der Waals surface area contributed by atoms with Crippen molar-refractivity contribution in [3.8, 4) is 0 Å². The standard InChI is InChI=1S/C20H36O6P2S/c1-14(2)23-27(21,24-15(3)4)20(29-19-12-10-18(9)11-13-19)28(22,25-16(5)6)26-17(7)8/h10-17,20H,1-9H3. The van der Waals surface area contributed by atoms with Crippen LogP contribution in [0.4, 0.5) is 0 Å². The number of aryl methyl sites for hydroxylation is 1. The van der Waals surface area contributed by atoms with Crippen LogP contribution in [-0.4, -0.2) is 29.1 Å². The van der Waals surface area contributed by atoms with Crippen molar-refractivity contribution in [2.45, 2.75) is 96.4 Å². The SMILES string of the molecule is Cc1ccc(SC(P(=O)(OC(C)C)OC(C)C)P(=O)(OC(C)C)OC(C)C)cc1. The zero-order valence-corrected chi connectivity index (χ0v) is 21.6. The lowest BCUT2D eigenvalue weighted by Gasteiger charge is -2.34. The Kier molecular flexibility index (Phi) is 10.6. The van der Waals surface area contributed by atoms with Crippen LogP contribution in [0.25, 0.3) is 0 Å². The zero-order chi connectivity index (χ0) is 22.4. The minimum atomic E-state index is -3.90. The van der Waals surface area contributed by atoms with Crippen molar-refractivity contribution in [2.24, 2.45) is 0 Å². The molecule has 9 heteroatoms. The van der Waals surface area contributed by atoms with Gasteiger partial charge in [-0.05, 0) is 74.4 Å². The van der Waals surface area contributed by atoms with Crippen molar-refractivity contribution < 1.29 is 27.2 Å². The Labute approximate surface area is 180 Å². The number of hydrogen-bond acceptors (Lipinski definition) is 7. The Balaban J connectivity index is 3.56. The van der Waals surface area contributed by atoms with Gasteiger partial charge < -0.3 is 18.1 Å². The Bertz CT molecular complexity index is 652. The molecule has 0 N–H and O–H groups in total. The maximum absolute atomic E-state index is 14.0. The molecule has 0 saturated carbocycles. The summed E-state index contributed by atoms with van der Waals surface area (Å²) in [4.78, 5) is 0.778. The summed E-state index contributed by atoms with van der Waals surface area (Å²) in [6.45, 7) is 16.1. The van der Waals surface area contributed by atoms with E-state index in [4.69, 9.17) is 18.1 Å². The summed E-state index contributed by atoms with van der Waals surface area (Å²) in [6, 6.07) is 7.65. The highest BCUT2D eigenvalue weighted by atomic mass is 32.2. The van der Waals surface area contributed by atoms with E-state index in [1.807, 2.05) is 31.2 Å². The molecule has 1 aromatic rings. The van der Waals surface area contributed by atoms with E-state index in [2.05, 4.69) is 0 Å². The van der Waals surface area contributed by atoms with Crippen LogP contribution in [0, 0.1) is 6.92 Å². The third-order valence-electron chi connectivity index (χ3n) is 3.23. The molecule has 0 fully saturated rings. The second kappa shape index (κ2) is 11.5. The molecule has 0 bridgehead atoms. The van der Waals surface area contributed by atoms with Crippen LogP contribution in [-0.2, 0) is 27.2 Å². The van der Waals surface area contributed by atoms with E-state index in [1.165, 1.54) is 0 Å². The van der Waals surface area contributed by atoms with Crippen molar-refractivity contribution >= 4 is 27.0 Å². The van der Waals surface area contributed by atoms with Gasteiger partial charge >= 0.3 is 15.2 Å². The molecule has 0 aliphatic heterocycles. The van der Waals surface area contributed by atoms with Gasteiger partial charge in [0.25, 0.3) is 0 Å². The Morgan fingerprint density at radius 2 is 0.966 bits per heavy atom. The second-order valence-corrected chi connectivity index (χ2v) is 14.3. The molecule has 0 aliphatic rings. The van der Waals surface area contributed by atoms with E-state index in [-0.39, 0.29) is 0 Å². The number of rotatable bonds is 12. The van der Waals surface area contributed by atoms with Gasteiger partial charge in [-0.1, -0.05) is 29.5 Å². The zero-order valence-electron chi connectivity index (χ0n) is 18.9. The second-order valence-electron chi connectivity index (χ2n) is 7.95. The number of benzene rings is 1. The number of hydrogen-bond donors (Lipinski definition) is 0. The first-order valence-corrected chi connectivity index (χ1v) is 14.0. The molecule has 0 aliphatic carbocycles. The van der Waals surface area contributed by atoms with Crippen LogP contribution < -0.4 is 0 Å². The molecular weight excluding hydrogens is 430 g/mol. The molecule has 1 rings (SSSR count). The molecule has 0 saturated heterocycles. The molecule has 0 spiro atoms. The monoisotopic (exact) mass is 466 g/mol. The summed E-state index contributed by atoms with van der Waals surface area (Å²) in [7, 11) is -7.81. The highest BCUT2D eigenvalue weighted by Gasteiger charge is 2.53. The molecule has 0 heterocycles. The molecule has 29 heavy (non-hydrogen) atoms. The Morgan fingerprint density at radius 1 is 0.655 bits per heavy atom. The Morgan fingerprint density at radius 3 is 1.24 bits per heavy atom. The molecule has 1 aromatic carbocycles. The van der Waals surface area contributed by atoms with Crippen molar-refractivity contribution in [1.82, 2.24) is 0 Å². The molecule has 0 atom stereocenters. The van der Waals surface area contributed by atoms with E-state index in [9.17, 15) is 9.13 Å². The smallest absolute Gasteiger partial charge is 0.305 e. The minimum Gasteiger partial charge on any atom is -0.305 e. The van der Waals surface area contributed by atoms with Gasteiger partial charge in [-0.15, -0.1) is 0 Å². The third kappa shape index (κ3) is 8.86. The van der Waals surface area contributed by atoms with Crippen LogP contribution in [0.1, 0.15) is 61.0 Å². The van der Waals surface area contributed by atoms with E-state index in [1.54, 1.807) is 55.4 Å². The van der Waals surface area contributed by atoms with Crippen molar-refractivity contribution in [3.63, 3.8) is 0 Å². The van der Waals surface area contributed by atoms with Gasteiger partial charge in [0.15, 0.2) is 0 Å². The molecule has 168 valence electrons. The molecule has 0 radical (unpaired) electrons. The average molecular weight is 467 g/mol. The van der Waals surface area contributed by atoms with Gasteiger partial charge in [0.1, 0.15) is 0 Å². The first kappa shape index (κ1) is 26.9. The average Bonchev–Trinajstić information content (AvgIpc) is 2.50. The van der Waals surface area contributed by atoms with Crippen LogP contribution in [0.5, 0.6) is 0 Å². The van der Waals surface area contributed by atoms with E-state index < -0.39 is 44.3 Å². The summed E-state index contributed by atoms with van der Waals surface area (Å²) >= 11 is 1.15. The van der Waals surface area contributed by atoms with Gasteiger partial charge in [0.2, 0.25) is 4.73 Å². The van der Waals surface area contributed by atoms with Gasteiger partial charge in [0.05, 0.1) is 24.4 Å². The van der Waals surface area contributed by atoms with Crippen LogP contribution in [0.2, 0.25) is 0 Å². The van der Waals surface area contributed by atoms with Gasteiger partial charge in [-0.3, -0.25) is 9.13 Å². The van der Waals surface area contributed by atoms with Crippen molar-refractivity contribution in [3.05, 3.63) is 29.8 Å². The molecule has 0 unspecified atom stereocenters. The predicted molar refractivity (Wildman–Crippen MR) is 121 cm³/mol. The van der Waals surface area contributed by atoms with Gasteiger partial charge in [-0.2, -0.15) is 0 Å². The van der Waals surface area contributed by atoms with Crippen LogP contribution in [0.15, 0.2) is 29.2 Å². The normalized spacial score (nSPS) is 13.4. The lowest BCUT2D eigenvalue weighted by atomic mass is 10.2. The predicted octanol–water partition coefficient (Wildman–Crippen LogP) is 7.46. The fourth-order valence-electron chi connectivity index (χ4n) is 2.47. The summed E-state index contributed by atoms with van der Waals surface area (Å²) in [6.07, 6.45) is -1.58. The molecular formula is C20H36O6P2S. The van der Waals surface area contributed by atoms with Crippen LogP contribution >= 0.6 is 27.0 Å². The van der Waals surface area contributed by atoms with Gasteiger partial charge in [-0.25, -0.2) is 0 Å². The Hall–Kier alpha value is -0.130. The first-order chi connectivity index (χ1) is 13.3. The molecule has 0 amide bonds. The van der Waals surface area contributed by atoms with Gasteiger partial charge in [0, 0.05) is 4.90 Å². The summed E-state index contributed by atoms with van der Waals surface area (Å²) in [5.41, 5.74) is 1.09. The fraction of sp³-hybridized carbons (Fsp3) is 0.700. The lowest BCUT2D eigenvalue weighted by Crippen LogP contribution is -2.21. The fourth-order valence-corrected chi connectivity index (χ4v) is 10.3. The summed E-state index contributed by atoms with van der Waals surface area (Å²) in [5, 5.41) is 0. The van der Waals surface area contributed by atoms with E-state index in [0.717, 1.165) is 22.2 Å². The molecule has 6 nitrogen and oxygen atoms in total. The third-order valence-corrected chi connectivity index (χ3v) is 11.8. The minimum absolute atomic E-state index is 0.396. The lowest BCUT2D eigenvalue weighted by molar-refractivity contribution is 0.129. The largest absolute Gasteiger partial charge is 0.356 e. The highest BCUT2D eigenvalue weighted by Crippen LogP contribution is 2.76. The van der Waals surface area contributed by atoms with Crippen LogP contribution in [0.3, 0.4) is 0 Å². The van der Waals surface area contributed by atoms with E-state index >= 15 is 0 Å². The van der Waals surface area contributed by atoms with E-state index in [0.29, 0.717) is 0 Å². The highest BCUT2D eigenvalue weighted by molar-refractivity contribution is 8.12. The topological polar surface area (TPSA) is 71.1 Å².